The lowest BCUT2D eigenvalue weighted by atomic mass is 10.3. The van der Waals surface area contributed by atoms with Crippen molar-refractivity contribution >= 4 is 22.9 Å². The van der Waals surface area contributed by atoms with Crippen LogP contribution in [0.25, 0.3) is 0 Å². The largest absolute Gasteiger partial charge is 0.325 e. The first-order chi connectivity index (χ1) is 9.13. The Morgan fingerprint density at radius 3 is 2.58 bits per heavy atom. The molecule has 0 fully saturated rings. The predicted octanol–water partition coefficient (Wildman–Crippen LogP) is 2.92. The molecule has 0 radical (unpaired) electrons. The van der Waals surface area contributed by atoms with Crippen LogP contribution in [0, 0.1) is 12.7 Å². The molecule has 2 rings (SSSR count). The number of rotatable bonds is 5. The van der Waals surface area contributed by atoms with E-state index in [1.54, 1.807) is 11.3 Å². The molecule has 1 aromatic carbocycles. The van der Waals surface area contributed by atoms with Gasteiger partial charge in [0.05, 0.1) is 6.54 Å². The highest BCUT2D eigenvalue weighted by Gasteiger charge is 2.03. The average molecular weight is 278 g/mol. The number of carbonyl (C=O) groups excluding carboxylic acids is 1. The molecule has 0 unspecified atom stereocenters. The second-order valence-electron chi connectivity index (χ2n) is 4.17. The van der Waals surface area contributed by atoms with Crippen molar-refractivity contribution in [3.63, 3.8) is 0 Å². The zero-order valence-electron chi connectivity index (χ0n) is 10.6. The fourth-order valence-electron chi connectivity index (χ4n) is 1.62. The molecule has 100 valence electrons. The summed E-state index contributed by atoms with van der Waals surface area (Å²) >= 11 is 1.71. The summed E-state index contributed by atoms with van der Waals surface area (Å²) in [7, 11) is 0. The van der Waals surface area contributed by atoms with E-state index in [9.17, 15) is 9.18 Å². The van der Waals surface area contributed by atoms with E-state index in [0.29, 0.717) is 12.2 Å². The predicted molar refractivity (Wildman–Crippen MR) is 75.8 cm³/mol. The summed E-state index contributed by atoms with van der Waals surface area (Å²) in [5, 5.41) is 5.77. The number of carbonyl (C=O) groups is 1. The Balaban J connectivity index is 1.74. The van der Waals surface area contributed by atoms with Gasteiger partial charge in [-0.05, 0) is 43.3 Å². The van der Waals surface area contributed by atoms with Crippen LogP contribution in [0.2, 0.25) is 0 Å². The highest BCUT2D eigenvalue weighted by molar-refractivity contribution is 7.11. The molecule has 1 heterocycles. The lowest BCUT2D eigenvalue weighted by Crippen LogP contribution is -2.27. The first-order valence-corrected chi connectivity index (χ1v) is 6.76. The van der Waals surface area contributed by atoms with Crippen molar-refractivity contribution in [2.24, 2.45) is 0 Å². The summed E-state index contributed by atoms with van der Waals surface area (Å²) in [6.45, 7) is 2.96. The minimum atomic E-state index is -0.316. The van der Waals surface area contributed by atoms with Crippen LogP contribution in [0.5, 0.6) is 0 Å². The van der Waals surface area contributed by atoms with Gasteiger partial charge >= 0.3 is 0 Å². The van der Waals surface area contributed by atoms with E-state index in [2.05, 4.69) is 23.6 Å². The fourth-order valence-corrected chi connectivity index (χ4v) is 2.48. The summed E-state index contributed by atoms with van der Waals surface area (Å²) in [4.78, 5) is 14.1. The monoisotopic (exact) mass is 278 g/mol. The first kappa shape index (κ1) is 13.7. The topological polar surface area (TPSA) is 41.1 Å². The number of hydrogen-bond acceptors (Lipinski definition) is 3. The molecule has 0 aliphatic carbocycles. The number of halogens is 1. The number of aryl methyl sites for hydroxylation is 1. The summed E-state index contributed by atoms with van der Waals surface area (Å²) in [5.41, 5.74) is 0.597. The van der Waals surface area contributed by atoms with E-state index in [1.165, 1.54) is 34.0 Å². The molecule has 0 aliphatic heterocycles. The Bertz CT molecular complexity index is 551. The molecule has 0 atom stereocenters. The van der Waals surface area contributed by atoms with Crippen LogP contribution in [0.1, 0.15) is 9.75 Å². The van der Waals surface area contributed by atoms with E-state index in [1.807, 2.05) is 6.07 Å². The van der Waals surface area contributed by atoms with Gasteiger partial charge in [-0.3, -0.25) is 4.79 Å². The number of hydrogen-bond donors (Lipinski definition) is 2. The van der Waals surface area contributed by atoms with E-state index in [-0.39, 0.29) is 18.3 Å². The van der Waals surface area contributed by atoms with Gasteiger partial charge in [-0.15, -0.1) is 11.3 Å². The molecule has 2 aromatic rings. The molecule has 3 nitrogen and oxygen atoms in total. The molecule has 2 N–H and O–H groups in total. The molecular formula is C14H15FN2OS. The Morgan fingerprint density at radius 1 is 1.21 bits per heavy atom. The van der Waals surface area contributed by atoms with Crippen LogP contribution >= 0.6 is 11.3 Å². The molecule has 19 heavy (non-hydrogen) atoms. The van der Waals surface area contributed by atoms with Gasteiger partial charge in [-0.1, -0.05) is 0 Å². The maximum Gasteiger partial charge on any atom is 0.238 e. The molecule has 1 amide bonds. The average Bonchev–Trinajstić information content (AvgIpc) is 2.78. The quantitative estimate of drug-likeness (QED) is 0.883. The summed E-state index contributed by atoms with van der Waals surface area (Å²) in [5.74, 6) is -0.455. The zero-order valence-corrected chi connectivity index (χ0v) is 11.4. The molecule has 0 aliphatic rings. The van der Waals surface area contributed by atoms with Crippen molar-refractivity contribution in [3.8, 4) is 0 Å². The summed E-state index contributed by atoms with van der Waals surface area (Å²) in [6.07, 6.45) is 0. The normalized spacial score (nSPS) is 10.4. The standard InChI is InChI=1S/C14H15FN2OS/c1-10-2-7-13(19-10)8-16-9-14(18)17-12-5-3-11(15)4-6-12/h2-7,16H,8-9H2,1H3,(H,17,18). The lowest BCUT2D eigenvalue weighted by Gasteiger charge is -2.05. The molecule has 0 saturated carbocycles. The summed E-state index contributed by atoms with van der Waals surface area (Å²) in [6, 6.07) is 9.81. The minimum absolute atomic E-state index is 0.139. The van der Waals surface area contributed by atoms with Crippen molar-refractivity contribution in [1.82, 2.24) is 5.32 Å². The van der Waals surface area contributed by atoms with Crippen molar-refractivity contribution in [2.75, 3.05) is 11.9 Å². The number of nitrogens with one attached hydrogen (secondary N) is 2. The van der Waals surface area contributed by atoms with Gasteiger partial charge in [-0.2, -0.15) is 0 Å². The second-order valence-corrected chi connectivity index (χ2v) is 5.54. The number of benzene rings is 1. The number of amides is 1. The zero-order chi connectivity index (χ0) is 13.7. The van der Waals surface area contributed by atoms with Gasteiger partial charge < -0.3 is 10.6 Å². The third-order valence-electron chi connectivity index (χ3n) is 2.51. The SMILES string of the molecule is Cc1ccc(CNCC(=O)Nc2ccc(F)cc2)s1. The van der Waals surface area contributed by atoms with E-state index in [0.717, 1.165) is 0 Å². The van der Waals surface area contributed by atoms with E-state index in [4.69, 9.17) is 0 Å². The maximum absolute atomic E-state index is 12.7. The second kappa shape index (κ2) is 6.45. The third kappa shape index (κ3) is 4.46. The molecule has 1 aromatic heterocycles. The highest BCUT2D eigenvalue weighted by Crippen LogP contribution is 2.14. The van der Waals surface area contributed by atoms with Crippen LogP contribution in [0.3, 0.4) is 0 Å². The van der Waals surface area contributed by atoms with Gasteiger partial charge in [0.25, 0.3) is 0 Å². The van der Waals surface area contributed by atoms with Gasteiger partial charge in [0, 0.05) is 22.0 Å². The van der Waals surface area contributed by atoms with E-state index < -0.39 is 0 Å². The molecule has 0 saturated heterocycles. The first-order valence-electron chi connectivity index (χ1n) is 5.95. The molecule has 5 heteroatoms. The third-order valence-corrected chi connectivity index (χ3v) is 3.51. The highest BCUT2D eigenvalue weighted by atomic mass is 32.1. The Hall–Kier alpha value is -1.72. The number of thiophene rings is 1. The van der Waals surface area contributed by atoms with Crippen LogP contribution < -0.4 is 10.6 Å². The van der Waals surface area contributed by atoms with E-state index >= 15 is 0 Å². The smallest absolute Gasteiger partial charge is 0.238 e. The molecular weight excluding hydrogens is 263 g/mol. The minimum Gasteiger partial charge on any atom is -0.325 e. The van der Waals surface area contributed by atoms with Crippen molar-refractivity contribution < 1.29 is 9.18 Å². The van der Waals surface area contributed by atoms with Crippen LogP contribution in [-0.2, 0) is 11.3 Å². The lowest BCUT2D eigenvalue weighted by molar-refractivity contribution is -0.115. The molecule has 0 bridgehead atoms. The van der Waals surface area contributed by atoms with Crippen molar-refractivity contribution in [3.05, 3.63) is 52.0 Å². The van der Waals surface area contributed by atoms with Gasteiger partial charge in [0.15, 0.2) is 0 Å². The van der Waals surface area contributed by atoms with Gasteiger partial charge in [0.2, 0.25) is 5.91 Å². The fraction of sp³-hybridized carbons (Fsp3) is 0.214. The summed E-state index contributed by atoms with van der Waals surface area (Å²) < 4.78 is 12.7. The van der Waals surface area contributed by atoms with Crippen LogP contribution in [-0.4, -0.2) is 12.5 Å². The number of anilines is 1. The Labute approximate surface area is 115 Å². The van der Waals surface area contributed by atoms with Crippen LogP contribution in [0.15, 0.2) is 36.4 Å². The van der Waals surface area contributed by atoms with Gasteiger partial charge in [-0.25, -0.2) is 4.39 Å². The van der Waals surface area contributed by atoms with Crippen molar-refractivity contribution in [2.45, 2.75) is 13.5 Å². The van der Waals surface area contributed by atoms with Crippen molar-refractivity contribution in [1.29, 1.82) is 0 Å². The van der Waals surface area contributed by atoms with Gasteiger partial charge in [0.1, 0.15) is 5.82 Å². The Kier molecular flexibility index (Phi) is 4.65. The maximum atomic E-state index is 12.7. The molecule has 0 spiro atoms. The van der Waals surface area contributed by atoms with Crippen LogP contribution in [0.4, 0.5) is 10.1 Å². The Morgan fingerprint density at radius 2 is 1.95 bits per heavy atom.